The number of ether oxygens (including phenoxy) is 3. The standard InChI is InChI=1S/C10HF19O5.H3N/c11-2(12,1(30)31)32-7(22,23)8(24,25)34-10(28,29)9(26,27)33-6(20,21)4(15,16)3(13,14)5(17,18)19;/h(H,30,31);1H3. The maximum absolute atomic E-state index is 13.0. The second kappa shape index (κ2) is 9.13. The van der Waals surface area contributed by atoms with E-state index in [0.29, 0.717) is 0 Å². The number of hydrogen-bond acceptors (Lipinski definition) is 5. The molecule has 0 heterocycles. The average Bonchev–Trinajstić information content (AvgIpc) is 2.49. The molecule has 0 unspecified atom stereocenters. The van der Waals surface area contributed by atoms with Crippen molar-refractivity contribution >= 4 is 5.97 Å². The third-order valence-electron chi connectivity index (χ3n) is 2.81. The van der Waals surface area contributed by atoms with Crippen LogP contribution in [-0.4, -0.2) is 65.7 Å². The van der Waals surface area contributed by atoms with E-state index in [0.717, 1.165) is 4.74 Å². The Kier molecular flexibility index (Phi) is 9.17. The molecule has 6 nitrogen and oxygen atoms in total. The van der Waals surface area contributed by atoms with Gasteiger partial charge in [0.15, 0.2) is 0 Å². The Balaban J connectivity index is 0. The maximum atomic E-state index is 13.0. The minimum atomic E-state index is -8.21. The molecule has 0 aromatic carbocycles. The Morgan fingerprint density at radius 1 is 0.457 bits per heavy atom. The summed E-state index contributed by atoms with van der Waals surface area (Å²) in [5.41, 5.74) is 0. The molecule has 25 heteroatoms. The van der Waals surface area contributed by atoms with Crippen LogP contribution < -0.4 is 6.15 Å². The number of rotatable bonds is 11. The van der Waals surface area contributed by atoms with Gasteiger partial charge < -0.3 is 11.3 Å². The van der Waals surface area contributed by atoms with Gasteiger partial charge in [0.25, 0.3) is 0 Å². The van der Waals surface area contributed by atoms with E-state index in [1.54, 1.807) is 4.74 Å². The number of carbonyl (C=O) groups is 1. The van der Waals surface area contributed by atoms with Crippen molar-refractivity contribution in [2.75, 3.05) is 0 Å². The summed E-state index contributed by atoms with van der Waals surface area (Å²) < 4.78 is 244. The Hall–Kier alpha value is -2.02. The topological polar surface area (TPSA) is 100.0 Å². The van der Waals surface area contributed by atoms with Crippen molar-refractivity contribution in [2.24, 2.45) is 0 Å². The molecule has 0 fully saturated rings. The average molecular weight is 579 g/mol. The van der Waals surface area contributed by atoms with Crippen LogP contribution in [0.2, 0.25) is 0 Å². The first-order valence-electron chi connectivity index (χ1n) is 6.74. The highest BCUT2D eigenvalue weighted by Gasteiger charge is 2.85. The van der Waals surface area contributed by atoms with E-state index in [-0.39, 0.29) is 6.15 Å². The minimum Gasteiger partial charge on any atom is -0.475 e. The summed E-state index contributed by atoms with van der Waals surface area (Å²) in [4.78, 5) is 9.79. The molecule has 0 aliphatic rings. The number of alkyl halides is 19. The third-order valence-corrected chi connectivity index (χ3v) is 2.81. The van der Waals surface area contributed by atoms with Gasteiger partial charge in [-0.2, -0.15) is 83.4 Å². The fraction of sp³-hybridized carbons (Fsp3) is 0.900. The lowest BCUT2D eigenvalue weighted by molar-refractivity contribution is -0.567. The number of halogens is 19. The molecule has 0 bridgehead atoms. The van der Waals surface area contributed by atoms with Crippen molar-refractivity contribution in [3.8, 4) is 0 Å². The fourth-order valence-electron chi connectivity index (χ4n) is 1.19. The fourth-order valence-corrected chi connectivity index (χ4v) is 1.19. The molecule has 0 saturated carbocycles. The van der Waals surface area contributed by atoms with E-state index in [4.69, 9.17) is 5.11 Å². The molecular formula is C10H4F19NO5. The van der Waals surface area contributed by atoms with Crippen LogP contribution in [0.1, 0.15) is 0 Å². The molecule has 0 amide bonds. The van der Waals surface area contributed by atoms with E-state index in [9.17, 15) is 88.2 Å². The van der Waals surface area contributed by atoms with E-state index in [2.05, 4.69) is 0 Å². The summed E-state index contributed by atoms with van der Waals surface area (Å²) in [6, 6.07) is 0. The van der Waals surface area contributed by atoms with Gasteiger partial charge in [0.2, 0.25) is 0 Å². The maximum Gasteiger partial charge on any atom is 0.460 e. The molecule has 212 valence electrons. The van der Waals surface area contributed by atoms with Gasteiger partial charge in [0, 0.05) is 0 Å². The molecule has 35 heavy (non-hydrogen) atoms. The summed E-state index contributed by atoms with van der Waals surface area (Å²) in [6.07, 6.45) is -53.0. The number of aliphatic carboxylic acids is 1. The van der Waals surface area contributed by atoms with E-state index in [1.807, 2.05) is 0 Å². The molecular weight excluding hydrogens is 575 g/mol. The lowest BCUT2D eigenvalue weighted by atomic mass is 10.1. The van der Waals surface area contributed by atoms with Crippen molar-refractivity contribution in [2.45, 2.75) is 54.7 Å². The summed E-state index contributed by atoms with van der Waals surface area (Å²) in [5, 5.41) is 7.68. The largest absolute Gasteiger partial charge is 0.475 e. The zero-order valence-corrected chi connectivity index (χ0v) is 15.0. The van der Waals surface area contributed by atoms with Gasteiger partial charge in [0.1, 0.15) is 0 Å². The zero-order valence-electron chi connectivity index (χ0n) is 15.0. The normalized spacial score (nSPS) is 15.6. The van der Waals surface area contributed by atoms with Gasteiger partial charge in [0.05, 0.1) is 0 Å². The SMILES string of the molecule is N.O=C(O)C(F)(F)OC(F)(F)C(F)(F)OC(F)(F)C(F)(F)OC(F)(F)C(F)(F)C(F)(F)C(F)(F)F. The predicted molar refractivity (Wildman–Crippen MR) is 61.5 cm³/mol. The lowest BCUT2D eigenvalue weighted by Crippen LogP contribution is -2.65. The monoisotopic (exact) mass is 579 g/mol. The predicted octanol–water partition coefficient (Wildman–Crippen LogP) is 5.67. The van der Waals surface area contributed by atoms with Crippen molar-refractivity contribution < 1.29 is 108 Å². The Morgan fingerprint density at radius 3 is 0.971 bits per heavy atom. The molecule has 0 aliphatic carbocycles. The molecule has 4 N–H and O–H groups in total. The zero-order chi connectivity index (χ0) is 28.2. The first-order chi connectivity index (χ1) is 14.3. The van der Waals surface area contributed by atoms with Gasteiger partial charge in [-0.1, -0.05) is 0 Å². The number of hydrogen-bond donors (Lipinski definition) is 2. The van der Waals surface area contributed by atoms with E-state index in [1.165, 1.54) is 4.74 Å². The van der Waals surface area contributed by atoms with Gasteiger partial charge in [-0.05, 0) is 0 Å². The Bertz CT molecular complexity index is 762. The van der Waals surface area contributed by atoms with Crippen LogP contribution in [-0.2, 0) is 19.0 Å². The molecule has 0 atom stereocenters. The van der Waals surface area contributed by atoms with Crippen LogP contribution in [0.5, 0.6) is 0 Å². The quantitative estimate of drug-likeness (QED) is 0.306. The molecule has 0 saturated heterocycles. The minimum absolute atomic E-state index is 0. The van der Waals surface area contributed by atoms with Crippen LogP contribution in [0, 0.1) is 0 Å². The molecule has 0 aliphatic heterocycles. The Labute approximate surface area is 176 Å². The summed E-state index contributed by atoms with van der Waals surface area (Å²) in [5.74, 6) is -20.1. The van der Waals surface area contributed by atoms with Gasteiger partial charge >= 0.3 is 60.6 Å². The van der Waals surface area contributed by atoms with Crippen LogP contribution in [0.25, 0.3) is 0 Å². The van der Waals surface area contributed by atoms with Gasteiger partial charge in [-0.3, -0.25) is 0 Å². The molecule has 0 spiro atoms. The van der Waals surface area contributed by atoms with Crippen LogP contribution >= 0.6 is 0 Å². The summed E-state index contributed by atoms with van der Waals surface area (Å²) in [6.45, 7) is 0. The molecule has 0 aromatic rings. The Morgan fingerprint density at radius 2 is 0.714 bits per heavy atom. The van der Waals surface area contributed by atoms with E-state index >= 15 is 0 Å². The highest BCUT2D eigenvalue weighted by atomic mass is 19.4. The second-order valence-corrected chi connectivity index (χ2v) is 5.36. The molecule has 0 rings (SSSR count). The van der Waals surface area contributed by atoms with Crippen molar-refractivity contribution in [1.29, 1.82) is 0 Å². The summed E-state index contributed by atoms with van der Waals surface area (Å²) >= 11 is 0. The van der Waals surface area contributed by atoms with Crippen molar-refractivity contribution in [3.63, 3.8) is 0 Å². The lowest BCUT2D eigenvalue weighted by Gasteiger charge is -2.37. The highest BCUT2D eigenvalue weighted by Crippen LogP contribution is 2.56. The van der Waals surface area contributed by atoms with E-state index < -0.39 is 60.6 Å². The molecule has 0 aromatic heterocycles. The molecule has 0 radical (unpaired) electrons. The number of carboxylic acids is 1. The van der Waals surface area contributed by atoms with Crippen LogP contribution in [0.15, 0.2) is 0 Å². The smallest absolute Gasteiger partial charge is 0.460 e. The van der Waals surface area contributed by atoms with Crippen molar-refractivity contribution in [3.05, 3.63) is 0 Å². The first-order valence-corrected chi connectivity index (χ1v) is 6.74. The van der Waals surface area contributed by atoms with Gasteiger partial charge in [-0.15, -0.1) is 0 Å². The number of carboxylic acid groups (broad SMARTS) is 1. The summed E-state index contributed by atoms with van der Waals surface area (Å²) in [7, 11) is 0. The third kappa shape index (κ3) is 6.41. The second-order valence-electron chi connectivity index (χ2n) is 5.36. The highest BCUT2D eigenvalue weighted by molar-refractivity contribution is 5.73. The van der Waals surface area contributed by atoms with Crippen LogP contribution in [0.3, 0.4) is 0 Å². The first kappa shape index (κ1) is 35.1. The van der Waals surface area contributed by atoms with Gasteiger partial charge in [-0.25, -0.2) is 19.0 Å². The van der Waals surface area contributed by atoms with Crippen molar-refractivity contribution in [1.82, 2.24) is 6.15 Å². The van der Waals surface area contributed by atoms with Crippen LogP contribution in [0.4, 0.5) is 83.4 Å².